The molecule has 0 spiro atoms. The van der Waals surface area contributed by atoms with Gasteiger partial charge in [-0.1, -0.05) is 184 Å². The van der Waals surface area contributed by atoms with Crippen LogP contribution in [0.25, 0.3) is 66.1 Å². The molecule has 0 unspecified atom stereocenters. The molecule has 0 bridgehead atoms. The summed E-state index contributed by atoms with van der Waals surface area (Å²) in [5.41, 5.74) is 16.1. The molecule has 54 heavy (non-hydrogen) atoms. The van der Waals surface area contributed by atoms with Gasteiger partial charge in [-0.2, -0.15) is 0 Å². The molecule has 1 heteroatoms. The normalized spacial score (nSPS) is 12.8. The molecule has 0 aromatic heterocycles. The first-order valence-corrected chi connectivity index (χ1v) is 18.9. The van der Waals surface area contributed by atoms with Crippen LogP contribution in [0.1, 0.15) is 25.0 Å². The zero-order chi connectivity index (χ0) is 36.2. The second-order valence-corrected chi connectivity index (χ2v) is 14.9. The molecule has 9 aromatic rings. The van der Waals surface area contributed by atoms with Gasteiger partial charge in [-0.3, -0.25) is 0 Å². The molecule has 10 rings (SSSR count). The van der Waals surface area contributed by atoms with Gasteiger partial charge < -0.3 is 4.90 Å². The van der Waals surface area contributed by atoms with E-state index in [0.717, 1.165) is 11.4 Å². The van der Waals surface area contributed by atoms with Crippen molar-refractivity contribution < 1.29 is 0 Å². The predicted octanol–water partition coefficient (Wildman–Crippen LogP) is 14.8. The molecule has 0 aliphatic heterocycles. The summed E-state index contributed by atoms with van der Waals surface area (Å²) in [6.45, 7) is 4.71. The summed E-state index contributed by atoms with van der Waals surface area (Å²) >= 11 is 0. The summed E-state index contributed by atoms with van der Waals surface area (Å²) < 4.78 is 0. The lowest BCUT2D eigenvalue weighted by Gasteiger charge is -2.29. The van der Waals surface area contributed by atoms with Crippen molar-refractivity contribution in [3.8, 4) is 44.5 Å². The van der Waals surface area contributed by atoms with Gasteiger partial charge in [-0.15, -0.1) is 0 Å². The second-order valence-electron chi connectivity index (χ2n) is 14.9. The van der Waals surface area contributed by atoms with E-state index in [1.165, 1.54) is 82.9 Å². The maximum atomic E-state index is 2.45. The van der Waals surface area contributed by atoms with Gasteiger partial charge in [-0.05, 0) is 102 Å². The maximum absolute atomic E-state index is 2.45. The largest absolute Gasteiger partial charge is 0.310 e. The Labute approximate surface area is 317 Å². The quantitative estimate of drug-likeness (QED) is 0.168. The van der Waals surface area contributed by atoms with Crippen molar-refractivity contribution >= 4 is 38.6 Å². The molecule has 0 N–H and O–H groups in total. The fourth-order valence-electron chi connectivity index (χ4n) is 8.83. The van der Waals surface area contributed by atoms with E-state index in [1.54, 1.807) is 0 Å². The van der Waals surface area contributed by atoms with Crippen molar-refractivity contribution in [3.05, 3.63) is 211 Å². The highest BCUT2D eigenvalue weighted by Crippen LogP contribution is 2.54. The number of benzene rings is 9. The molecule has 1 nitrogen and oxygen atoms in total. The standard InChI is InChI=1S/C53H39N/c1-53(2)48-23-11-10-21-47(48)52-49(53)24-13-25-50(52)54(41-31-26-38(27-32-41)44-22-12-18-36-14-6-8-19-43(36)44)42-33-28-39(29-34-42)46-35-30-37-15-7-9-20-45(37)51(46)40-16-4-3-5-17-40/h3-35H,1-2H3. The molecule has 0 amide bonds. The van der Waals surface area contributed by atoms with Crippen LogP contribution in [0.2, 0.25) is 0 Å². The van der Waals surface area contributed by atoms with Gasteiger partial charge in [0.05, 0.1) is 5.69 Å². The van der Waals surface area contributed by atoms with Gasteiger partial charge in [0, 0.05) is 22.4 Å². The number of hydrogen-bond acceptors (Lipinski definition) is 1. The van der Waals surface area contributed by atoms with E-state index >= 15 is 0 Å². The van der Waals surface area contributed by atoms with Gasteiger partial charge in [0.15, 0.2) is 0 Å². The zero-order valence-corrected chi connectivity index (χ0v) is 30.5. The van der Waals surface area contributed by atoms with Gasteiger partial charge in [0.1, 0.15) is 0 Å². The van der Waals surface area contributed by atoms with Crippen molar-refractivity contribution in [2.75, 3.05) is 4.90 Å². The number of anilines is 3. The van der Waals surface area contributed by atoms with Crippen LogP contribution >= 0.6 is 0 Å². The molecule has 0 heterocycles. The molecule has 1 aliphatic rings. The number of nitrogens with zero attached hydrogens (tertiary/aromatic N) is 1. The topological polar surface area (TPSA) is 3.24 Å². The highest BCUT2D eigenvalue weighted by Gasteiger charge is 2.37. The third kappa shape index (κ3) is 5.16. The highest BCUT2D eigenvalue weighted by molar-refractivity contribution is 6.04. The smallest absolute Gasteiger partial charge is 0.0543 e. The molecular formula is C53H39N. The Morgan fingerprint density at radius 3 is 1.61 bits per heavy atom. The fourth-order valence-corrected chi connectivity index (χ4v) is 8.83. The Kier molecular flexibility index (Phi) is 7.56. The summed E-state index contributed by atoms with van der Waals surface area (Å²) in [6.07, 6.45) is 0. The second kappa shape index (κ2) is 12.8. The van der Waals surface area contributed by atoms with Crippen LogP contribution in [0.4, 0.5) is 17.1 Å². The first-order valence-electron chi connectivity index (χ1n) is 18.9. The van der Waals surface area contributed by atoms with Gasteiger partial charge in [0.2, 0.25) is 0 Å². The minimum Gasteiger partial charge on any atom is -0.310 e. The van der Waals surface area contributed by atoms with E-state index in [-0.39, 0.29) is 5.41 Å². The Hall–Kier alpha value is -6.70. The van der Waals surface area contributed by atoms with Crippen LogP contribution in [0.3, 0.4) is 0 Å². The lowest BCUT2D eigenvalue weighted by molar-refractivity contribution is 0.660. The van der Waals surface area contributed by atoms with Crippen LogP contribution in [0, 0.1) is 0 Å². The molecule has 9 aromatic carbocycles. The SMILES string of the molecule is CC1(C)c2ccccc2-c2c(N(c3ccc(-c4ccc5ccccc5c4-c4ccccc4)cc3)c3ccc(-c4cccc5ccccc45)cc3)cccc21. The molecule has 256 valence electrons. The van der Waals surface area contributed by atoms with Crippen molar-refractivity contribution in [1.82, 2.24) is 0 Å². The van der Waals surface area contributed by atoms with Crippen molar-refractivity contribution in [2.45, 2.75) is 19.3 Å². The number of hydrogen-bond donors (Lipinski definition) is 0. The molecule has 0 atom stereocenters. The van der Waals surface area contributed by atoms with Crippen molar-refractivity contribution in [2.24, 2.45) is 0 Å². The lowest BCUT2D eigenvalue weighted by Crippen LogP contribution is -2.16. The van der Waals surface area contributed by atoms with Crippen LogP contribution in [-0.2, 0) is 5.41 Å². The van der Waals surface area contributed by atoms with E-state index in [9.17, 15) is 0 Å². The summed E-state index contributed by atoms with van der Waals surface area (Å²) in [4.78, 5) is 2.45. The van der Waals surface area contributed by atoms with Crippen LogP contribution < -0.4 is 4.90 Å². The van der Waals surface area contributed by atoms with Crippen LogP contribution in [0.15, 0.2) is 200 Å². The Balaban J connectivity index is 1.14. The monoisotopic (exact) mass is 689 g/mol. The van der Waals surface area contributed by atoms with Crippen LogP contribution in [-0.4, -0.2) is 0 Å². The van der Waals surface area contributed by atoms with Gasteiger partial charge in [-0.25, -0.2) is 0 Å². The van der Waals surface area contributed by atoms with Gasteiger partial charge in [0.25, 0.3) is 0 Å². The van der Waals surface area contributed by atoms with E-state index in [1.807, 2.05) is 0 Å². The summed E-state index contributed by atoms with van der Waals surface area (Å²) in [5.74, 6) is 0. The highest BCUT2D eigenvalue weighted by atomic mass is 15.1. The summed E-state index contributed by atoms with van der Waals surface area (Å²) in [6, 6.07) is 73.3. The Morgan fingerprint density at radius 2 is 0.870 bits per heavy atom. The third-order valence-electron chi connectivity index (χ3n) is 11.5. The minimum atomic E-state index is -0.0976. The van der Waals surface area contributed by atoms with E-state index in [2.05, 4.69) is 219 Å². The van der Waals surface area contributed by atoms with E-state index in [4.69, 9.17) is 0 Å². The van der Waals surface area contributed by atoms with E-state index < -0.39 is 0 Å². The number of rotatable bonds is 6. The average molecular weight is 690 g/mol. The molecule has 0 fully saturated rings. The first kappa shape index (κ1) is 32.0. The Morgan fingerprint density at radius 1 is 0.333 bits per heavy atom. The molecule has 0 saturated heterocycles. The first-order chi connectivity index (χ1) is 26.6. The zero-order valence-electron chi connectivity index (χ0n) is 30.5. The molecule has 0 radical (unpaired) electrons. The van der Waals surface area contributed by atoms with Crippen LogP contribution in [0.5, 0.6) is 0 Å². The summed E-state index contributed by atoms with van der Waals surface area (Å²) in [5, 5.41) is 5.03. The lowest BCUT2D eigenvalue weighted by atomic mass is 9.82. The Bertz CT molecular complexity index is 2820. The predicted molar refractivity (Wildman–Crippen MR) is 230 cm³/mol. The van der Waals surface area contributed by atoms with Gasteiger partial charge >= 0.3 is 0 Å². The van der Waals surface area contributed by atoms with Crippen molar-refractivity contribution in [3.63, 3.8) is 0 Å². The molecule has 1 aliphatic carbocycles. The minimum absolute atomic E-state index is 0.0976. The maximum Gasteiger partial charge on any atom is 0.0543 e. The fraction of sp³-hybridized carbons (Fsp3) is 0.0566. The third-order valence-corrected chi connectivity index (χ3v) is 11.5. The molecular weight excluding hydrogens is 651 g/mol. The molecule has 0 saturated carbocycles. The average Bonchev–Trinajstić information content (AvgIpc) is 3.47. The van der Waals surface area contributed by atoms with Crippen molar-refractivity contribution in [1.29, 1.82) is 0 Å². The number of fused-ring (bicyclic) bond motifs is 5. The summed E-state index contributed by atoms with van der Waals surface area (Å²) in [7, 11) is 0. The van der Waals surface area contributed by atoms with E-state index in [0.29, 0.717) is 0 Å².